The van der Waals surface area contributed by atoms with Crippen LogP contribution >= 0.6 is 11.6 Å². The van der Waals surface area contributed by atoms with Gasteiger partial charge in [-0.25, -0.2) is 8.42 Å². The van der Waals surface area contributed by atoms with Gasteiger partial charge < -0.3 is 15.0 Å². The van der Waals surface area contributed by atoms with Gasteiger partial charge in [0.25, 0.3) is 0 Å². The lowest BCUT2D eigenvalue weighted by Crippen LogP contribution is -2.53. The number of methoxy groups -OCH3 is 1. The average Bonchev–Trinajstić information content (AvgIpc) is 3.35. The van der Waals surface area contributed by atoms with Crippen molar-refractivity contribution < 1.29 is 22.7 Å². The molecule has 1 atom stereocenters. The van der Waals surface area contributed by atoms with Gasteiger partial charge in [-0.1, -0.05) is 55.6 Å². The third kappa shape index (κ3) is 7.13. The molecule has 36 heavy (non-hydrogen) atoms. The molecule has 10 heteroatoms. The second-order valence-corrected chi connectivity index (χ2v) is 11.3. The van der Waals surface area contributed by atoms with Crippen LogP contribution in [0.5, 0.6) is 5.75 Å². The van der Waals surface area contributed by atoms with Crippen molar-refractivity contribution >= 4 is 39.1 Å². The van der Waals surface area contributed by atoms with Gasteiger partial charge in [0.15, 0.2) is 0 Å². The molecule has 1 fully saturated rings. The molecule has 0 bridgehead atoms. The molecule has 8 nitrogen and oxygen atoms in total. The highest BCUT2D eigenvalue weighted by atomic mass is 35.5. The van der Waals surface area contributed by atoms with E-state index in [4.69, 9.17) is 16.3 Å². The molecule has 1 unspecified atom stereocenters. The maximum Gasteiger partial charge on any atom is 0.244 e. The highest BCUT2D eigenvalue weighted by molar-refractivity contribution is 7.92. The van der Waals surface area contributed by atoms with Crippen LogP contribution < -0.4 is 14.4 Å². The molecule has 2 aromatic rings. The Labute approximate surface area is 218 Å². The summed E-state index contributed by atoms with van der Waals surface area (Å²) in [5, 5.41) is 3.65. The Hall–Kier alpha value is -2.78. The summed E-state index contributed by atoms with van der Waals surface area (Å²) in [5.74, 6) is -0.393. The number of hydrogen-bond donors (Lipinski definition) is 1. The van der Waals surface area contributed by atoms with E-state index in [-0.39, 0.29) is 24.2 Å². The molecule has 1 aliphatic carbocycles. The van der Waals surface area contributed by atoms with Gasteiger partial charge in [-0.15, -0.1) is 0 Å². The summed E-state index contributed by atoms with van der Waals surface area (Å²) >= 11 is 6.03. The fourth-order valence-corrected chi connectivity index (χ4v) is 5.48. The first-order valence-corrected chi connectivity index (χ1v) is 14.3. The number of carbonyl (C=O) groups is 2. The minimum absolute atomic E-state index is 0.0973. The zero-order valence-electron chi connectivity index (χ0n) is 20.9. The number of nitrogens with one attached hydrogen (secondary N) is 1. The lowest BCUT2D eigenvalue weighted by atomic mass is 10.1. The SMILES string of the molecule is CCC(C(=O)NC1CCCC1)N(Cc1ccc(Cl)cc1)C(=O)CN(c1ccccc1OC)S(C)(=O)=O. The zero-order valence-corrected chi connectivity index (χ0v) is 22.5. The molecule has 1 N–H and O–H groups in total. The predicted octanol–water partition coefficient (Wildman–Crippen LogP) is 3.98. The van der Waals surface area contributed by atoms with Crippen LogP contribution in [0.4, 0.5) is 5.69 Å². The monoisotopic (exact) mass is 535 g/mol. The molecule has 196 valence electrons. The number of hydrogen-bond acceptors (Lipinski definition) is 5. The van der Waals surface area contributed by atoms with Gasteiger partial charge in [0.1, 0.15) is 18.3 Å². The van der Waals surface area contributed by atoms with Crippen LogP contribution in [0.2, 0.25) is 5.02 Å². The third-order valence-electron chi connectivity index (χ3n) is 6.39. The number of sulfonamides is 1. The van der Waals surface area contributed by atoms with Gasteiger partial charge in [0.05, 0.1) is 19.1 Å². The van der Waals surface area contributed by atoms with E-state index in [9.17, 15) is 18.0 Å². The first-order chi connectivity index (χ1) is 17.1. The standard InChI is InChI=1S/C26H34ClN3O5S/c1-4-22(26(32)28-21-9-5-6-10-21)29(17-19-13-15-20(27)16-14-19)25(31)18-30(36(3,33)34)23-11-7-8-12-24(23)35-2/h7-8,11-16,21-22H,4-6,9-10,17-18H2,1-3H3,(H,28,32). The maximum absolute atomic E-state index is 13.8. The number of anilines is 1. The van der Waals surface area contributed by atoms with Crippen molar-refractivity contribution in [1.82, 2.24) is 10.2 Å². The number of amides is 2. The lowest BCUT2D eigenvalue weighted by molar-refractivity contribution is -0.140. The van der Waals surface area contributed by atoms with Gasteiger partial charge in [-0.05, 0) is 49.1 Å². The van der Waals surface area contributed by atoms with Crippen LogP contribution in [0.3, 0.4) is 0 Å². The first kappa shape index (κ1) is 27.8. The Morgan fingerprint density at radius 1 is 1.11 bits per heavy atom. The fourth-order valence-electron chi connectivity index (χ4n) is 4.50. The van der Waals surface area contributed by atoms with Crippen LogP contribution in [0.15, 0.2) is 48.5 Å². The Kier molecular flexibility index (Phi) is 9.62. The topological polar surface area (TPSA) is 96.0 Å². The van der Waals surface area contributed by atoms with E-state index in [0.29, 0.717) is 17.2 Å². The van der Waals surface area contributed by atoms with Gasteiger partial charge >= 0.3 is 0 Å². The third-order valence-corrected chi connectivity index (χ3v) is 7.77. The smallest absolute Gasteiger partial charge is 0.244 e. The molecule has 1 saturated carbocycles. The minimum Gasteiger partial charge on any atom is -0.495 e. The van der Waals surface area contributed by atoms with Gasteiger partial charge in [-0.3, -0.25) is 13.9 Å². The molecule has 0 saturated heterocycles. The normalized spacial score (nSPS) is 14.8. The quantitative estimate of drug-likeness (QED) is 0.469. The number of para-hydroxylation sites is 2. The van der Waals surface area contributed by atoms with Crippen molar-refractivity contribution in [2.45, 2.75) is 57.7 Å². The van der Waals surface area contributed by atoms with Crippen molar-refractivity contribution in [2.24, 2.45) is 0 Å². The molecule has 0 spiro atoms. The van der Waals surface area contributed by atoms with Gasteiger partial charge in [0, 0.05) is 17.6 Å². The largest absolute Gasteiger partial charge is 0.495 e. The summed E-state index contributed by atoms with van der Waals surface area (Å²) in [5.41, 5.74) is 1.04. The van der Waals surface area contributed by atoms with E-state index in [1.807, 2.05) is 6.92 Å². The summed E-state index contributed by atoms with van der Waals surface area (Å²) < 4.78 is 31.9. The van der Waals surface area contributed by atoms with Crippen molar-refractivity contribution in [1.29, 1.82) is 0 Å². The molecule has 2 amide bonds. The van der Waals surface area contributed by atoms with Gasteiger partial charge in [0.2, 0.25) is 21.8 Å². The molecule has 0 aliphatic heterocycles. The van der Waals surface area contributed by atoms with Crippen LogP contribution in [-0.2, 0) is 26.2 Å². The second kappa shape index (κ2) is 12.5. The lowest BCUT2D eigenvalue weighted by Gasteiger charge is -2.33. The maximum atomic E-state index is 13.8. The Bertz CT molecular complexity index is 1150. The predicted molar refractivity (Wildman–Crippen MR) is 142 cm³/mol. The number of ether oxygens (including phenoxy) is 1. The molecule has 0 heterocycles. The van der Waals surface area contributed by atoms with E-state index in [1.54, 1.807) is 48.5 Å². The zero-order chi connectivity index (χ0) is 26.3. The van der Waals surface area contributed by atoms with E-state index in [2.05, 4.69) is 5.32 Å². The summed E-state index contributed by atoms with van der Waals surface area (Å²) in [7, 11) is -2.40. The van der Waals surface area contributed by atoms with Crippen LogP contribution in [0.1, 0.15) is 44.6 Å². The van der Waals surface area contributed by atoms with E-state index < -0.39 is 28.5 Å². The molecule has 1 aliphatic rings. The van der Waals surface area contributed by atoms with Crippen LogP contribution in [0, 0.1) is 0 Å². The molecule has 0 radical (unpaired) electrons. The Morgan fingerprint density at radius 3 is 2.33 bits per heavy atom. The first-order valence-electron chi connectivity index (χ1n) is 12.1. The van der Waals surface area contributed by atoms with Crippen LogP contribution in [0.25, 0.3) is 0 Å². The molecule has 3 rings (SSSR count). The summed E-state index contributed by atoms with van der Waals surface area (Å²) in [6.07, 6.45) is 5.40. The Morgan fingerprint density at radius 2 is 1.75 bits per heavy atom. The van der Waals surface area contributed by atoms with E-state index in [1.165, 1.54) is 12.0 Å². The molecule has 0 aromatic heterocycles. The van der Waals surface area contributed by atoms with E-state index in [0.717, 1.165) is 41.8 Å². The number of rotatable bonds is 11. The minimum atomic E-state index is -3.84. The van der Waals surface area contributed by atoms with Crippen molar-refractivity contribution in [3.05, 3.63) is 59.1 Å². The number of carbonyl (C=O) groups excluding carboxylic acids is 2. The van der Waals surface area contributed by atoms with E-state index >= 15 is 0 Å². The van der Waals surface area contributed by atoms with Crippen molar-refractivity contribution in [3.8, 4) is 5.75 Å². The highest BCUT2D eigenvalue weighted by Crippen LogP contribution is 2.30. The molecular formula is C26H34ClN3O5S. The summed E-state index contributed by atoms with van der Waals surface area (Å²) in [6, 6.07) is 13.0. The molecular weight excluding hydrogens is 502 g/mol. The van der Waals surface area contributed by atoms with Crippen molar-refractivity contribution in [3.63, 3.8) is 0 Å². The number of halogens is 1. The average molecular weight is 536 g/mol. The van der Waals surface area contributed by atoms with Gasteiger partial charge in [-0.2, -0.15) is 0 Å². The highest BCUT2D eigenvalue weighted by Gasteiger charge is 2.33. The summed E-state index contributed by atoms with van der Waals surface area (Å²) in [6.45, 7) is 1.51. The summed E-state index contributed by atoms with van der Waals surface area (Å²) in [4.78, 5) is 28.5. The number of nitrogens with zero attached hydrogens (tertiary/aromatic N) is 2. The Balaban J connectivity index is 1.94. The number of benzene rings is 2. The van der Waals surface area contributed by atoms with Crippen molar-refractivity contribution in [2.75, 3.05) is 24.2 Å². The second-order valence-electron chi connectivity index (χ2n) is 9.00. The van der Waals surface area contributed by atoms with Crippen LogP contribution in [-0.4, -0.2) is 57.1 Å². The molecule has 2 aromatic carbocycles. The fraction of sp³-hybridized carbons (Fsp3) is 0.462.